The van der Waals surface area contributed by atoms with Gasteiger partial charge in [0.25, 0.3) is 0 Å². The average Bonchev–Trinajstić information content (AvgIpc) is 3.20. The standard InChI is InChI=1S/C17H28N2O/c1-2-17(6-7-18-10-17)16(20)19-15-9-11-8-14(15)13-5-3-4-12(11)13/h11-15,18H,2-10H2,1H3,(H,19,20). The second-order valence-corrected chi connectivity index (χ2v) is 7.79. The van der Waals surface area contributed by atoms with E-state index in [2.05, 4.69) is 17.6 Å². The van der Waals surface area contributed by atoms with E-state index in [1.54, 1.807) is 0 Å². The van der Waals surface area contributed by atoms with Gasteiger partial charge in [0.15, 0.2) is 0 Å². The minimum absolute atomic E-state index is 0.114. The van der Waals surface area contributed by atoms with E-state index in [1.165, 1.54) is 32.1 Å². The second kappa shape index (κ2) is 4.72. The van der Waals surface area contributed by atoms with Crippen molar-refractivity contribution in [2.75, 3.05) is 13.1 Å². The van der Waals surface area contributed by atoms with E-state index < -0.39 is 0 Å². The third kappa shape index (κ3) is 1.78. The Morgan fingerprint density at radius 2 is 2.10 bits per heavy atom. The average molecular weight is 276 g/mol. The molecule has 1 heterocycles. The van der Waals surface area contributed by atoms with Crippen molar-refractivity contribution >= 4 is 5.91 Å². The molecule has 4 rings (SSSR count). The fraction of sp³-hybridized carbons (Fsp3) is 0.941. The van der Waals surface area contributed by atoms with Gasteiger partial charge in [0.2, 0.25) is 5.91 Å². The van der Waals surface area contributed by atoms with Crippen molar-refractivity contribution in [3.05, 3.63) is 0 Å². The van der Waals surface area contributed by atoms with Gasteiger partial charge in [-0.05, 0) is 68.7 Å². The highest BCUT2D eigenvalue weighted by Gasteiger charge is 2.54. The van der Waals surface area contributed by atoms with E-state index in [4.69, 9.17) is 0 Å². The zero-order valence-electron chi connectivity index (χ0n) is 12.7. The summed E-state index contributed by atoms with van der Waals surface area (Å²) in [5.74, 6) is 4.04. The summed E-state index contributed by atoms with van der Waals surface area (Å²) in [6, 6.07) is 0.496. The third-order valence-electron chi connectivity index (χ3n) is 7.15. The summed E-state index contributed by atoms with van der Waals surface area (Å²) in [7, 11) is 0. The molecule has 3 aliphatic carbocycles. The normalized spacial score (nSPS) is 49.5. The Morgan fingerprint density at radius 3 is 2.85 bits per heavy atom. The minimum atomic E-state index is -0.114. The molecule has 2 N–H and O–H groups in total. The summed E-state index contributed by atoms with van der Waals surface area (Å²) in [5.41, 5.74) is -0.114. The molecule has 1 aliphatic heterocycles. The van der Waals surface area contributed by atoms with Gasteiger partial charge in [-0.25, -0.2) is 0 Å². The van der Waals surface area contributed by atoms with Crippen LogP contribution in [-0.4, -0.2) is 25.0 Å². The second-order valence-electron chi connectivity index (χ2n) is 7.79. The lowest BCUT2D eigenvalue weighted by atomic mass is 9.78. The smallest absolute Gasteiger partial charge is 0.227 e. The topological polar surface area (TPSA) is 41.1 Å². The number of carbonyl (C=O) groups excluding carboxylic acids is 1. The highest BCUT2D eigenvalue weighted by atomic mass is 16.2. The Labute approximate surface area is 122 Å². The first-order valence-electron chi connectivity index (χ1n) is 8.75. The summed E-state index contributed by atoms with van der Waals surface area (Å²) in [5, 5.41) is 6.86. The van der Waals surface area contributed by atoms with Crippen molar-refractivity contribution in [3.63, 3.8) is 0 Å². The Hall–Kier alpha value is -0.570. The number of rotatable bonds is 3. The van der Waals surface area contributed by atoms with Crippen LogP contribution in [0.2, 0.25) is 0 Å². The molecular formula is C17H28N2O. The van der Waals surface area contributed by atoms with Gasteiger partial charge in [-0.3, -0.25) is 4.79 Å². The number of hydrogen-bond acceptors (Lipinski definition) is 2. The molecule has 0 spiro atoms. The van der Waals surface area contributed by atoms with Gasteiger partial charge in [0.1, 0.15) is 0 Å². The van der Waals surface area contributed by atoms with Gasteiger partial charge in [0.05, 0.1) is 5.41 Å². The monoisotopic (exact) mass is 276 g/mol. The van der Waals surface area contributed by atoms with Gasteiger partial charge >= 0.3 is 0 Å². The number of nitrogens with one attached hydrogen (secondary N) is 2. The van der Waals surface area contributed by atoms with Gasteiger partial charge in [-0.1, -0.05) is 13.3 Å². The van der Waals surface area contributed by atoms with Crippen LogP contribution in [0.4, 0.5) is 0 Å². The molecule has 6 unspecified atom stereocenters. The fourth-order valence-corrected chi connectivity index (χ4v) is 5.96. The molecular weight excluding hydrogens is 248 g/mol. The summed E-state index contributed by atoms with van der Waals surface area (Å²) < 4.78 is 0. The first-order valence-corrected chi connectivity index (χ1v) is 8.75. The molecule has 6 atom stereocenters. The van der Waals surface area contributed by atoms with Crippen LogP contribution in [0.1, 0.15) is 51.9 Å². The van der Waals surface area contributed by atoms with Crippen LogP contribution in [0.25, 0.3) is 0 Å². The van der Waals surface area contributed by atoms with Crippen LogP contribution in [0.3, 0.4) is 0 Å². The summed E-state index contributed by atoms with van der Waals surface area (Å²) in [6.07, 6.45) is 8.99. The number of hydrogen-bond donors (Lipinski definition) is 2. The van der Waals surface area contributed by atoms with Crippen LogP contribution < -0.4 is 10.6 Å². The van der Waals surface area contributed by atoms with Crippen LogP contribution in [0, 0.1) is 29.1 Å². The number of carbonyl (C=O) groups is 1. The van der Waals surface area contributed by atoms with E-state index >= 15 is 0 Å². The van der Waals surface area contributed by atoms with Crippen molar-refractivity contribution in [1.82, 2.24) is 10.6 Å². The van der Waals surface area contributed by atoms with E-state index in [9.17, 15) is 4.79 Å². The molecule has 0 aromatic rings. The van der Waals surface area contributed by atoms with E-state index in [0.29, 0.717) is 11.9 Å². The number of fused-ring (bicyclic) bond motifs is 5. The Balaban J connectivity index is 1.44. The van der Waals surface area contributed by atoms with E-state index in [-0.39, 0.29) is 5.41 Å². The van der Waals surface area contributed by atoms with Crippen LogP contribution in [0.15, 0.2) is 0 Å². The van der Waals surface area contributed by atoms with Crippen molar-refractivity contribution in [1.29, 1.82) is 0 Å². The highest BCUT2D eigenvalue weighted by molar-refractivity contribution is 5.83. The molecule has 3 heteroatoms. The van der Waals surface area contributed by atoms with Crippen molar-refractivity contribution in [2.24, 2.45) is 29.1 Å². The van der Waals surface area contributed by atoms with Crippen LogP contribution >= 0.6 is 0 Å². The van der Waals surface area contributed by atoms with Crippen LogP contribution in [-0.2, 0) is 4.79 Å². The zero-order valence-corrected chi connectivity index (χ0v) is 12.7. The minimum Gasteiger partial charge on any atom is -0.353 e. The Morgan fingerprint density at radius 1 is 1.25 bits per heavy atom. The highest BCUT2D eigenvalue weighted by Crippen LogP contribution is 2.58. The largest absolute Gasteiger partial charge is 0.353 e. The summed E-state index contributed by atoms with van der Waals surface area (Å²) in [4.78, 5) is 12.8. The molecule has 20 heavy (non-hydrogen) atoms. The van der Waals surface area contributed by atoms with E-state index in [0.717, 1.165) is 49.6 Å². The SMILES string of the molecule is CCC1(C(=O)NC2CC3CC2C2CCCC32)CCNC1. The molecule has 3 nitrogen and oxygen atoms in total. The van der Waals surface area contributed by atoms with E-state index in [1.807, 2.05) is 0 Å². The summed E-state index contributed by atoms with van der Waals surface area (Å²) >= 11 is 0. The third-order valence-corrected chi connectivity index (χ3v) is 7.15. The molecule has 1 amide bonds. The molecule has 112 valence electrons. The van der Waals surface area contributed by atoms with Gasteiger partial charge in [0, 0.05) is 12.6 Å². The van der Waals surface area contributed by atoms with Gasteiger partial charge in [-0.15, -0.1) is 0 Å². The lowest BCUT2D eigenvalue weighted by Crippen LogP contribution is -2.49. The predicted molar refractivity (Wildman–Crippen MR) is 79.2 cm³/mol. The predicted octanol–water partition coefficient (Wildman–Crippen LogP) is 2.32. The molecule has 4 aliphatic rings. The molecule has 0 aromatic heterocycles. The maximum Gasteiger partial charge on any atom is 0.227 e. The molecule has 0 radical (unpaired) electrons. The van der Waals surface area contributed by atoms with Crippen molar-refractivity contribution in [2.45, 2.75) is 57.9 Å². The van der Waals surface area contributed by atoms with Gasteiger partial charge < -0.3 is 10.6 Å². The van der Waals surface area contributed by atoms with Crippen molar-refractivity contribution in [3.8, 4) is 0 Å². The fourth-order valence-electron chi connectivity index (χ4n) is 5.96. The Bertz CT molecular complexity index is 402. The maximum absolute atomic E-state index is 12.8. The molecule has 3 saturated carbocycles. The maximum atomic E-state index is 12.8. The molecule has 4 fully saturated rings. The van der Waals surface area contributed by atoms with Crippen LogP contribution in [0.5, 0.6) is 0 Å². The quantitative estimate of drug-likeness (QED) is 0.830. The molecule has 0 aromatic carbocycles. The first kappa shape index (κ1) is 13.1. The van der Waals surface area contributed by atoms with Gasteiger partial charge in [-0.2, -0.15) is 0 Å². The molecule has 2 bridgehead atoms. The first-order chi connectivity index (χ1) is 9.73. The lowest BCUT2D eigenvalue weighted by Gasteiger charge is -2.35. The van der Waals surface area contributed by atoms with Crippen molar-refractivity contribution < 1.29 is 4.79 Å². The number of amides is 1. The molecule has 1 saturated heterocycles. The zero-order chi connectivity index (χ0) is 13.7. The Kier molecular flexibility index (Phi) is 3.10. The lowest BCUT2D eigenvalue weighted by molar-refractivity contribution is -0.131. The summed E-state index contributed by atoms with van der Waals surface area (Å²) in [6.45, 7) is 4.05.